The molecule has 2 unspecified atom stereocenters. The molecule has 1 aromatic carbocycles. The number of hydrogen-bond donors (Lipinski definition) is 2. The molecule has 0 bridgehead atoms. The Morgan fingerprint density at radius 2 is 2.20 bits per heavy atom. The Morgan fingerprint density at radius 3 is 2.85 bits per heavy atom. The molecule has 0 spiro atoms. The SMILES string of the molecule is CC1CCCC(N)(C(=O)N(C)Cc2ccccc2O)C1. The maximum Gasteiger partial charge on any atom is 0.242 e. The molecule has 0 radical (unpaired) electrons. The average molecular weight is 276 g/mol. The molecule has 4 heteroatoms. The van der Waals surface area contributed by atoms with Gasteiger partial charge in [0.05, 0.1) is 5.54 Å². The lowest BCUT2D eigenvalue weighted by Gasteiger charge is -2.38. The zero-order valence-electron chi connectivity index (χ0n) is 12.3. The van der Waals surface area contributed by atoms with Crippen LogP contribution >= 0.6 is 0 Å². The van der Waals surface area contributed by atoms with Gasteiger partial charge in [0.15, 0.2) is 0 Å². The first-order valence-corrected chi connectivity index (χ1v) is 7.24. The van der Waals surface area contributed by atoms with Crippen LogP contribution in [0.3, 0.4) is 0 Å². The van der Waals surface area contributed by atoms with Crippen molar-refractivity contribution in [1.82, 2.24) is 4.90 Å². The molecule has 1 aliphatic carbocycles. The summed E-state index contributed by atoms with van der Waals surface area (Å²) in [6.07, 6.45) is 3.65. The van der Waals surface area contributed by atoms with E-state index in [0.29, 0.717) is 12.5 Å². The van der Waals surface area contributed by atoms with Crippen molar-refractivity contribution in [3.63, 3.8) is 0 Å². The number of rotatable bonds is 3. The predicted molar refractivity (Wildman–Crippen MR) is 79.1 cm³/mol. The quantitative estimate of drug-likeness (QED) is 0.890. The van der Waals surface area contributed by atoms with Crippen LogP contribution in [0.4, 0.5) is 0 Å². The fraction of sp³-hybridized carbons (Fsp3) is 0.562. The van der Waals surface area contributed by atoms with E-state index in [0.717, 1.165) is 31.2 Å². The van der Waals surface area contributed by atoms with Crippen LogP contribution in [0.25, 0.3) is 0 Å². The first-order valence-electron chi connectivity index (χ1n) is 7.24. The van der Waals surface area contributed by atoms with Crippen LogP contribution in [0, 0.1) is 5.92 Å². The third-order valence-corrected chi connectivity index (χ3v) is 4.20. The number of nitrogens with zero attached hydrogens (tertiary/aromatic N) is 1. The largest absolute Gasteiger partial charge is 0.508 e. The van der Waals surface area contributed by atoms with E-state index in [1.807, 2.05) is 12.1 Å². The minimum absolute atomic E-state index is 0.0210. The number of benzene rings is 1. The van der Waals surface area contributed by atoms with Gasteiger partial charge in [-0.1, -0.05) is 38.0 Å². The molecule has 4 nitrogen and oxygen atoms in total. The van der Waals surface area contributed by atoms with Gasteiger partial charge in [-0.25, -0.2) is 0 Å². The molecule has 0 saturated heterocycles. The second-order valence-electron chi connectivity index (χ2n) is 6.15. The highest BCUT2D eigenvalue weighted by Gasteiger charge is 2.39. The molecule has 110 valence electrons. The Kier molecular flexibility index (Phi) is 4.33. The average Bonchev–Trinajstić information content (AvgIpc) is 2.40. The van der Waals surface area contributed by atoms with E-state index in [-0.39, 0.29) is 11.7 Å². The number of likely N-dealkylation sites (N-methyl/N-ethyl adjacent to an activating group) is 1. The summed E-state index contributed by atoms with van der Waals surface area (Å²) >= 11 is 0. The third-order valence-electron chi connectivity index (χ3n) is 4.20. The third kappa shape index (κ3) is 3.12. The number of carbonyl (C=O) groups is 1. The summed E-state index contributed by atoms with van der Waals surface area (Å²) in [7, 11) is 1.75. The van der Waals surface area contributed by atoms with Crippen molar-refractivity contribution in [2.75, 3.05) is 7.05 Å². The van der Waals surface area contributed by atoms with Gasteiger partial charge in [-0.2, -0.15) is 0 Å². The summed E-state index contributed by atoms with van der Waals surface area (Å²) in [6, 6.07) is 7.09. The van der Waals surface area contributed by atoms with E-state index in [1.54, 1.807) is 24.1 Å². The Bertz CT molecular complexity index is 489. The number of phenolic OH excluding ortho intramolecular Hbond substituents is 1. The lowest BCUT2D eigenvalue weighted by Crippen LogP contribution is -2.56. The summed E-state index contributed by atoms with van der Waals surface area (Å²) in [5.74, 6) is 0.693. The van der Waals surface area contributed by atoms with Gasteiger partial charge in [-0.15, -0.1) is 0 Å². The first kappa shape index (κ1) is 14.9. The van der Waals surface area contributed by atoms with Crippen molar-refractivity contribution in [2.24, 2.45) is 11.7 Å². The minimum Gasteiger partial charge on any atom is -0.508 e. The second kappa shape index (κ2) is 5.83. The molecule has 1 aliphatic rings. The number of amides is 1. The Balaban J connectivity index is 2.07. The summed E-state index contributed by atoms with van der Waals surface area (Å²) in [5, 5.41) is 9.79. The van der Waals surface area contributed by atoms with Crippen LogP contribution in [0.15, 0.2) is 24.3 Å². The van der Waals surface area contributed by atoms with Crippen LogP contribution in [0.5, 0.6) is 5.75 Å². The highest BCUT2D eigenvalue weighted by Crippen LogP contribution is 2.32. The van der Waals surface area contributed by atoms with Crippen molar-refractivity contribution >= 4 is 5.91 Å². The smallest absolute Gasteiger partial charge is 0.242 e. The molecule has 0 aliphatic heterocycles. The standard InChI is InChI=1S/C16H24N2O2/c1-12-6-5-9-16(17,10-12)15(20)18(2)11-13-7-3-4-8-14(13)19/h3-4,7-8,12,19H,5-6,9-11,17H2,1-2H3. The van der Waals surface area contributed by atoms with Gasteiger partial charge in [-0.05, 0) is 24.8 Å². The molecule has 3 N–H and O–H groups in total. The van der Waals surface area contributed by atoms with Crippen LogP contribution in [-0.4, -0.2) is 28.5 Å². The lowest BCUT2D eigenvalue weighted by atomic mass is 9.76. The van der Waals surface area contributed by atoms with Crippen molar-refractivity contribution in [3.8, 4) is 5.75 Å². The van der Waals surface area contributed by atoms with E-state index < -0.39 is 5.54 Å². The van der Waals surface area contributed by atoms with Gasteiger partial charge in [0, 0.05) is 19.2 Å². The fourth-order valence-electron chi connectivity index (χ4n) is 3.14. The summed E-state index contributed by atoms with van der Waals surface area (Å²) in [6.45, 7) is 2.54. The highest BCUT2D eigenvalue weighted by atomic mass is 16.3. The monoisotopic (exact) mass is 276 g/mol. The number of phenols is 1. The lowest BCUT2D eigenvalue weighted by molar-refractivity contribution is -0.138. The van der Waals surface area contributed by atoms with Crippen LogP contribution in [0.2, 0.25) is 0 Å². The van der Waals surface area contributed by atoms with Gasteiger partial charge >= 0.3 is 0 Å². The molecule has 0 heterocycles. The molecule has 20 heavy (non-hydrogen) atoms. The topological polar surface area (TPSA) is 66.6 Å². The zero-order chi connectivity index (χ0) is 14.8. The first-order chi connectivity index (χ1) is 9.42. The molecule has 1 saturated carbocycles. The van der Waals surface area contributed by atoms with Gasteiger partial charge in [0.2, 0.25) is 5.91 Å². The number of carbonyl (C=O) groups excluding carboxylic acids is 1. The van der Waals surface area contributed by atoms with Crippen LogP contribution in [0.1, 0.15) is 38.2 Å². The Labute approximate surface area is 120 Å². The molecule has 1 amide bonds. The maximum absolute atomic E-state index is 12.6. The zero-order valence-corrected chi connectivity index (χ0v) is 12.3. The van der Waals surface area contributed by atoms with Crippen molar-refractivity contribution in [1.29, 1.82) is 0 Å². The number of para-hydroxylation sites is 1. The van der Waals surface area contributed by atoms with E-state index in [2.05, 4.69) is 6.92 Å². The van der Waals surface area contributed by atoms with Crippen LogP contribution < -0.4 is 5.73 Å². The van der Waals surface area contributed by atoms with Crippen molar-refractivity contribution in [3.05, 3.63) is 29.8 Å². The predicted octanol–water partition coefficient (Wildman–Crippen LogP) is 2.26. The van der Waals surface area contributed by atoms with Gasteiger partial charge < -0.3 is 15.7 Å². The van der Waals surface area contributed by atoms with Crippen molar-refractivity contribution < 1.29 is 9.90 Å². The van der Waals surface area contributed by atoms with Crippen molar-refractivity contribution in [2.45, 2.75) is 44.7 Å². The fourth-order valence-corrected chi connectivity index (χ4v) is 3.14. The van der Waals surface area contributed by atoms with Gasteiger partial charge in [-0.3, -0.25) is 4.79 Å². The van der Waals surface area contributed by atoms with E-state index in [4.69, 9.17) is 5.73 Å². The van der Waals surface area contributed by atoms with E-state index >= 15 is 0 Å². The molecule has 0 aromatic heterocycles. The Morgan fingerprint density at radius 1 is 1.50 bits per heavy atom. The second-order valence-corrected chi connectivity index (χ2v) is 6.15. The van der Waals surface area contributed by atoms with Crippen LogP contribution in [-0.2, 0) is 11.3 Å². The molecule has 1 fully saturated rings. The summed E-state index contributed by atoms with van der Waals surface area (Å²) < 4.78 is 0. The molecule has 1 aromatic rings. The Hall–Kier alpha value is -1.55. The van der Waals surface area contributed by atoms with E-state index in [9.17, 15) is 9.90 Å². The molecular weight excluding hydrogens is 252 g/mol. The molecular formula is C16H24N2O2. The number of nitrogens with two attached hydrogens (primary N) is 1. The van der Waals surface area contributed by atoms with Gasteiger partial charge in [0.25, 0.3) is 0 Å². The normalized spacial score (nSPS) is 26.2. The summed E-state index contributed by atoms with van der Waals surface area (Å²) in [5.41, 5.74) is 6.34. The van der Waals surface area contributed by atoms with Gasteiger partial charge in [0.1, 0.15) is 5.75 Å². The highest BCUT2D eigenvalue weighted by molar-refractivity contribution is 5.86. The minimum atomic E-state index is -0.739. The summed E-state index contributed by atoms with van der Waals surface area (Å²) in [4.78, 5) is 14.2. The number of aromatic hydroxyl groups is 1. The molecule has 2 rings (SSSR count). The van der Waals surface area contributed by atoms with E-state index in [1.165, 1.54) is 0 Å². The number of hydrogen-bond acceptors (Lipinski definition) is 3. The molecule has 2 atom stereocenters. The maximum atomic E-state index is 12.6.